The van der Waals surface area contributed by atoms with Crippen LogP contribution in [-0.2, 0) is 5.75 Å². The van der Waals surface area contributed by atoms with E-state index in [1.807, 2.05) is 24.8 Å². The molecule has 1 aliphatic heterocycles. The predicted molar refractivity (Wildman–Crippen MR) is 63.4 cm³/mol. The lowest BCUT2D eigenvalue weighted by atomic mass is 9.94. The average Bonchev–Trinajstić information content (AvgIpc) is 2.23. The Balaban J connectivity index is 2.50. The number of benzene rings is 1. The standard InChI is InChI=1S/C12H16FNS/c1-3-10-12(14)11-8(6-15-10)7(2)4-5-9(11)13/h4-5,10,12H,3,6,14H2,1-2H3. The Morgan fingerprint density at radius 3 is 2.93 bits per heavy atom. The molecule has 1 nitrogen and oxygen atoms in total. The fraction of sp³-hybridized carbons (Fsp3) is 0.500. The van der Waals surface area contributed by atoms with Gasteiger partial charge in [0, 0.05) is 22.6 Å². The molecule has 0 bridgehead atoms. The Bertz CT molecular complexity index is 378. The summed E-state index contributed by atoms with van der Waals surface area (Å²) in [4.78, 5) is 0. The maximum Gasteiger partial charge on any atom is 0.128 e. The third kappa shape index (κ3) is 1.79. The fourth-order valence-corrected chi connectivity index (χ4v) is 3.49. The van der Waals surface area contributed by atoms with Gasteiger partial charge in [0.2, 0.25) is 0 Å². The summed E-state index contributed by atoms with van der Waals surface area (Å²) in [5, 5.41) is 0.355. The first-order valence-electron chi connectivity index (χ1n) is 5.30. The van der Waals surface area contributed by atoms with Crippen LogP contribution in [0.4, 0.5) is 4.39 Å². The van der Waals surface area contributed by atoms with Crippen LogP contribution >= 0.6 is 11.8 Å². The molecule has 0 aliphatic carbocycles. The molecule has 0 spiro atoms. The highest BCUT2D eigenvalue weighted by Gasteiger charge is 2.29. The van der Waals surface area contributed by atoms with Crippen molar-refractivity contribution in [2.45, 2.75) is 37.3 Å². The number of fused-ring (bicyclic) bond motifs is 1. The minimum Gasteiger partial charge on any atom is -0.323 e. The highest BCUT2D eigenvalue weighted by atomic mass is 32.2. The van der Waals surface area contributed by atoms with Crippen molar-refractivity contribution in [3.63, 3.8) is 0 Å². The number of nitrogens with two attached hydrogens (primary N) is 1. The first-order valence-corrected chi connectivity index (χ1v) is 6.35. The van der Waals surface area contributed by atoms with E-state index in [1.54, 1.807) is 0 Å². The van der Waals surface area contributed by atoms with E-state index in [0.29, 0.717) is 5.25 Å². The monoisotopic (exact) mass is 225 g/mol. The second kappa shape index (κ2) is 4.14. The van der Waals surface area contributed by atoms with Crippen LogP contribution in [0.15, 0.2) is 12.1 Å². The van der Waals surface area contributed by atoms with Gasteiger partial charge in [-0.05, 0) is 30.5 Å². The first kappa shape index (κ1) is 11.0. The van der Waals surface area contributed by atoms with Crippen molar-refractivity contribution in [1.29, 1.82) is 0 Å². The van der Waals surface area contributed by atoms with Gasteiger partial charge in [0.1, 0.15) is 5.82 Å². The Morgan fingerprint density at radius 2 is 2.27 bits per heavy atom. The molecule has 2 unspecified atom stereocenters. The van der Waals surface area contributed by atoms with Crippen molar-refractivity contribution >= 4 is 11.8 Å². The lowest BCUT2D eigenvalue weighted by Gasteiger charge is -2.31. The van der Waals surface area contributed by atoms with Crippen molar-refractivity contribution in [2.24, 2.45) is 5.73 Å². The first-order chi connectivity index (χ1) is 7.15. The molecule has 1 aliphatic rings. The molecule has 2 atom stereocenters. The maximum absolute atomic E-state index is 13.7. The summed E-state index contributed by atoms with van der Waals surface area (Å²) >= 11 is 1.85. The third-order valence-corrected chi connectivity index (χ3v) is 4.63. The smallest absolute Gasteiger partial charge is 0.128 e. The molecule has 0 aromatic heterocycles. The van der Waals surface area contributed by atoms with Crippen LogP contribution in [0.2, 0.25) is 0 Å². The quantitative estimate of drug-likeness (QED) is 0.794. The van der Waals surface area contributed by atoms with Crippen LogP contribution in [0.25, 0.3) is 0 Å². The number of thioether (sulfide) groups is 1. The van der Waals surface area contributed by atoms with Crippen molar-refractivity contribution in [2.75, 3.05) is 0 Å². The third-order valence-electron chi connectivity index (χ3n) is 3.12. The van der Waals surface area contributed by atoms with Gasteiger partial charge < -0.3 is 5.73 Å². The predicted octanol–water partition coefficient (Wildman–Crippen LogP) is 3.16. The molecule has 0 amide bonds. The Kier molecular flexibility index (Phi) is 3.03. The lowest BCUT2D eigenvalue weighted by Crippen LogP contribution is -2.29. The minimum atomic E-state index is -0.149. The normalized spacial score (nSPS) is 25.1. The van der Waals surface area contributed by atoms with Gasteiger partial charge in [-0.2, -0.15) is 11.8 Å². The number of halogens is 1. The van der Waals surface area contributed by atoms with Crippen LogP contribution < -0.4 is 5.73 Å². The van der Waals surface area contributed by atoms with Crippen molar-refractivity contribution in [1.82, 2.24) is 0 Å². The number of aryl methyl sites for hydroxylation is 1. The summed E-state index contributed by atoms with van der Waals surface area (Å²) in [6, 6.07) is 3.23. The van der Waals surface area contributed by atoms with E-state index in [9.17, 15) is 4.39 Å². The summed E-state index contributed by atoms with van der Waals surface area (Å²) in [5.41, 5.74) is 9.13. The molecule has 1 heterocycles. The van der Waals surface area contributed by atoms with E-state index in [2.05, 4.69) is 6.92 Å². The largest absolute Gasteiger partial charge is 0.323 e. The van der Waals surface area contributed by atoms with Gasteiger partial charge in [-0.3, -0.25) is 0 Å². The van der Waals surface area contributed by atoms with Crippen molar-refractivity contribution in [3.05, 3.63) is 34.6 Å². The summed E-state index contributed by atoms with van der Waals surface area (Å²) in [6.45, 7) is 4.13. The SMILES string of the molecule is CCC1SCc2c(C)ccc(F)c2C1N. The van der Waals surface area contributed by atoms with E-state index >= 15 is 0 Å². The molecule has 15 heavy (non-hydrogen) atoms. The number of hydrogen-bond donors (Lipinski definition) is 1. The zero-order chi connectivity index (χ0) is 11.0. The minimum absolute atomic E-state index is 0.137. The van der Waals surface area contributed by atoms with E-state index in [1.165, 1.54) is 6.07 Å². The molecular formula is C12H16FNS. The van der Waals surface area contributed by atoms with Crippen LogP contribution in [0, 0.1) is 12.7 Å². The molecule has 1 aromatic carbocycles. The highest BCUT2D eigenvalue weighted by molar-refractivity contribution is 7.99. The molecule has 82 valence electrons. The molecular weight excluding hydrogens is 209 g/mol. The molecule has 3 heteroatoms. The van der Waals surface area contributed by atoms with Gasteiger partial charge in [-0.25, -0.2) is 4.39 Å². The lowest BCUT2D eigenvalue weighted by molar-refractivity contribution is 0.557. The summed E-state index contributed by atoms with van der Waals surface area (Å²) in [6.07, 6.45) is 0.999. The average molecular weight is 225 g/mol. The summed E-state index contributed by atoms with van der Waals surface area (Å²) in [7, 11) is 0. The Hall–Kier alpha value is -0.540. The summed E-state index contributed by atoms with van der Waals surface area (Å²) in [5.74, 6) is 0.757. The van der Waals surface area contributed by atoms with Gasteiger partial charge in [-0.15, -0.1) is 0 Å². The highest BCUT2D eigenvalue weighted by Crippen LogP contribution is 2.40. The summed E-state index contributed by atoms with van der Waals surface area (Å²) < 4.78 is 13.7. The number of hydrogen-bond acceptors (Lipinski definition) is 2. The van der Waals surface area contributed by atoms with Crippen LogP contribution in [-0.4, -0.2) is 5.25 Å². The van der Waals surface area contributed by atoms with E-state index < -0.39 is 0 Å². The van der Waals surface area contributed by atoms with Gasteiger partial charge in [0.15, 0.2) is 0 Å². The molecule has 1 aromatic rings. The molecule has 0 radical (unpaired) electrons. The van der Waals surface area contributed by atoms with Gasteiger partial charge >= 0.3 is 0 Å². The van der Waals surface area contributed by atoms with Crippen LogP contribution in [0.1, 0.15) is 36.1 Å². The van der Waals surface area contributed by atoms with Gasteiger partial charge in [0.05, 0.1) is 0 Å². The molecule has 0 saturated carbocycles. The molecule has 2 N–H and O–H groups in total. The molecule has 0 fully saturated rings. The Labute approximate surface area is 94.2 Å². The van der Waals surface area contributed by atoms with Crippen LogP contribution in [0.5, 0.6) is 0 Å². The Morgan fingerprint density at radius 1 is 1.53 bits per heavy atom. The van der Waals surface area contributed by atoms with Gasteiger partial charge in [0.25, 0.3) is 0 Å². The molecule has 0 saturated heterocycles. The number of rotatable bonds is 1. The van der Waals surface area contributed by atoms with E-state index in [-0.39, 0.29) is 11.9 Å². The van der Waals surface area contributed by atoms with Crippen LogP contribution in [0.3, 0.4) is 0 Å². The topological polar surface area (TPSA) is 26.0 Å². The molecule has 2 rings (SSSR count). The zero-order valence-corrected chi connectivity index (χ0v) is 9.90. The van der Waals surface area contributed by atoms with E-state index in [0.717, 1.165) is 28.9 Å². The second-order valence-corrected chi connectivity index (χ2v) is 5.27. The maximum atomic E-state index is 13.7. The van der Waals surface area contributed by atoms with Gasteiger partial charge in [-0.1, -0.05) is 13.0 Å². The zero-order valence-electron chi connectivity index (χ0n) is 9.09. The van der Waals surface area contributed by atoms with E-state index in [4.69, 9.17) is 5.73 Å². The van der Waals surface area contributed by atoms with Crippen molar-refractivity contribution in [3.8, 4) is 0 Å². The second-order valence-electron chi connectivity index (χ2n) is 4.04. The fourth-order valence-electron chi connectivity index (χ4n) is 2.15. The van der Waals surface area contributed by atoms with Crippen molar-refractivity contribution < 1.29 is 4.39 Å².